The first-order valence-corrected chi connectivity index (χ1v) is 11.8. The van der Waals surface area contributed by atoms with Gasteiger partial charge in [0.2, 0.25) is 0 Å². The number of aromatic amines is 1. The monoisotopic (exact) mass is 444 g/mol. The molecule has 0 radical (unpaired) electrons. The van der Waals surface area contributed by atoms with Crippen molar-refractivity contribution in [3.05, 3.63) is 77.9 Å². The number of fused-ring (bicyclic) bond motifs is 4. The van der Waals surface area contributed by atoms with Crippen molar-refractivity contribution in [3.8, 4) is 5.75 Å². The van der Waals surface area contributed by atoms with E-state index in [0.29, 0.717) is 11.1 Å². The number of rotatable bonds is 4. The minimum atomic E-state index is -4.04. The highest BCUT2D eigenvalue weighted by atomic mass is 32.2. The smallest absolute Gasteiger partial charge is 0.339 e. The molecule has 0 unspecified atom stereocenters. The summed E-state index contributed by atoms with van der Waals surface area (Å²) in [4.78, 5) is 5.55. The van der Waals surface area contributed by atoms with Gasteiger partial charge in [-0.15, -0.1) is 0 Å². The average Bonchev–Trinajstić information content (AvgIpc) is 3.13. The number of hydrogen-bond donors (Lipinski definition) is 1. The Morgan fingerprint density at radius 3 is 2.31 bits per heavy atom. The summed E-state index contributed by atoms with van der Waals surface area (Å²) >= 11 is 0. The Hall–Kier alpha value is -3.51. The number of hydrogen-bond acceptors (Lipinski definition) is 4. The lowest BCUT2D eigenvalue weighted by Crippen LogP contribution is -2.12. The van der Waals surface area contributed by atoms with E-state index in [4.69, 9.17) is 4.18 Å². The highest BCUT2D eigenvalue weighted by Gasteiger charge is 2.22. The predicted octanol–water partition coefficient (Wildman–Crippen LogP) is 5.92. The van der Waals surface area contributed by atoms with E-state index in [0.717, 1.165) is 44.0 Å². The largest absolute Gasteiger partial charge is 0.379 e. The lowest BCUT2D eigenvalue weighted by molar-refractivity contribution is 0.485. The molecule has 1 aromatic heterocycles. The quantitative estimate of drug-likeness (QED) is 0.349. The molecular weight excluding hydrogens is 420 g/mol. The van der Waals surface area contributed by atoms with Crippen LogP contribution < -0.4 is 9.08 Å². The van der Waals surface area contributed by atoms with Crippen LogP contribution >= 0.6 is 0 Å². The van der Waals surface area contributed by atoms with Crippen molar-refractivity contribution in [1.29, 1.82) is 0 Å². The SMILES string of the molecule is Cc1ccc2c(c1)[nH]c1c(C)c(OS(=O)(=O)c3cccc4c(N(C)C)cccc34)ccc12. The Morgan fingerprint density at radius 2 is 1.53 bits per heavy atom. The van der Waals surface area contributed by atoms with Crippen molar-refractivity contribution >= 4 is 48.4 Å². The van der Waals surface area contributed by atoms with Gasteiger partial charge in [0.25, 0.3) is 0 Å². The Labute approximate surface area is 187 Å². The summed E-state index contributed by atoms with van der Waals surface area (Å²) in [7, 11) is -0.168. The molecule has 0 bridgehead atoms. The summed E-state index contributed by atoms with van der Waals surface area (Å²) in [6, 6.07) is 20.8. The first-order valence-electron chi connectivity index (χ1n) is 10.4. The van der Waals surface area contributed by atoms with Crippen LogP contribution in [0.15, 0.2) is 71.6 Å². The predicted molar refractivity (Wildman–Crippen MR) is 131 cm³/mol. The van der Waals surface area contributed by atoms with E-state index in [9.17, 15) is 8.42 Å². The Balaban J connectivity index is 1.63. The van der Waals surface area contributed by atoms with Gasteiger partial charge in [-0.25, -0.2) is 0 Å². The molecule has 5 aromatic rings. The molecule has 1 heterocycles. The second-order valence-corrected chi connectivity index (χ2v) is 9.86. The second kappa shape index (κ2) is 7.28. The van der Waals surface area contributed by atoms with E-state index in [1.165, 1.54) is 0 Å². The lowest BCUT2D eigenvalue weighted by Gasteiger charge is -2.17. The summed E-state index contributed by atoms with van der Waals surface area (Å²) < 4.78 is 32.4. The van der Waals surface area contributed by atoms with Gasteiger partial charge in [0.05, 0.1) is 5.52 Å². The number of aromatic nitrogens is 1. The minimum absolute atomic E-state index is 0.158. The number of nitrogens with one attached hydrogen (secondary N) is 1. The zero-order chi connectivity index (χ0) is 22.6. The zero-order valence-electron chi connectivity index (χ0n) is 18.4. The molecule has 0 spiro atoms. The highest BCUT2D eigenvalue weighted by Crippen LogP contribution is 2.36. The first kappa shape index (κ1) is 20.4. The number of aryl methyl sites for hydroxylation is 2. The van der Waals surface area contributed by atoms with Gasteiger partial charge >= 0.3 is 10.1 Å². The van der Waals surface area contributed by atoms with Crippen molar-refractivity contribution in [3.63, 3.8) is 0 Å². The van der Waals surface area contributed by atoms with Crippen LogP contribution in [0, 0.1) is 13.8 Å². The maximum absolute atomic E-state index is 13.4. The van der Waals surface area contributed by atoms with Gasteiger partial charge in [0.1, 0.15) is 10.6 Å². The third-order valence-electron chi connectivity index (χ3n) is 5.95. The molecule has 162 valence electrons. The van der Waals surface area contributed by atoms with Crippen molar-refractivity contribution in [2.45, 2.75) is 18.7 Å². The molecular formula is C26H24N2O3S. The maximum Gasteiger partial charge on any atom is 0.339 e. The number of nitrogens with zero attached hydrogens (tertiary/aromatic N) is 1. The molecule has 0 amide bonds. The summed E-state index contributed by atoms with van der Waals surface area (Å²) in [5.74, 6) is 0.321. The molecule has 0 atom stereocenters. The van der Waals surface area contributed by atoms with Crippen molar-refractivity contribution in [1.82, 2.24) is 4.98 Å². The van der Waals surface area contributed by atoms with Gasteiger partial charge in [0, 0.05) is 52.4 Å². The van der Waals surface area contributed by atoms with E-state index in [2.05, 4.69) is 23.2 Å². The van der Waals surface area contributed by atoms with E-state index in [-0.39, 0.29) is 4.90 Å². The lowest BCUT2D eigenvalue weighted by atomic mass is 10.1. The molecule has 32 heavy (non-hydrogen) atoms. The van der Waals surface area contributed by atoms with Crippen molar-refractivity contribution < 1.29 is 12.6 Å². The fraction of sp³-hybridized carbons (Fsp3) is 0.154. The highest BCUT2D eigenvalue weighted by molar-refractivity contribution is 7.87. The van der Waals surface area contributed by atoms with Crippen LogP contribution in [0.2, 0.25) is 0 Å². The summed E-state index contributed by atoms with van der Waals surface area (Å²) in [5, 5.41) is 3.65. The molecule has 0 aliphatic heterocycles. The van der Waals surface area contributed by atoms with Crippen LogP contribution in [0.3, 0.4) is 0 Å². The fourth-order valence-corrected chi connectivity index (χ4v) is 5.53. The van der Waals surface area contributed by atoms with Crippen LogP contribution in [0.5, 0.6) is 5.75 Å². The van der Waals surface area contributed by atoms with Crippen molar-refractivity contribution in [2.75, 3.05) is 19.0 Å². The minimum Gasteiger partial charge on any atom is -0.379 e. The normalized spacial score (nSPS) is 12.0. The fourth-order valence-electron chi connectivity index (χ4n) is 4.34. The van der Waals surface area contributed by atoms with Gasteiger partial charge in [-0.2, -0.15) is 8.42 Å². The number of H-pyrrole nitrogens is 1. The van der Waals surface area contributed by atoms with Crippen LogP contribution in [-0.2, 0) is 10.1 Å². The van der Waals surface area contributed by atoms with Crippen molar-refractivity contribution in [2.24, 2.45) is 0 Å². The molecule has 0 aliphatic rings. The van der Waals surface area contributed by atoms with E-state index in [1.54, 1.807) is 18.2 Å². The average molecular weight is 445 g/mol. The molecule has 5 rings (SSSR count). The van der Waals surface area contributed by atoms with Crippen LogP contribution in [0.25, 0.3) is 32.6 Å². The third kappa shape index (κ3) is 3.19. The molecule has 0 saturated heterocycles. The Morgan fingerprint density at radius 1 is 0.812 bits per heavy atom. The van der Waals surface area contributed by atoms with Gasteiger partial charge in [-0.1, -0.05) is 36.4 Å². The summed E-state index contributed by atoms with van der Waals surface area (Å²) in [6.07, 6.45) is 0. The third-order valence-corrected chi connectivity index (χ3v) is 7.24. The summed E-state index contributed by atoms with van der Waals surface area (Å²) in [6.45, 7) is 3.92. The molecule has 0 fully saturated rings. The zero-order valence-corrected chi connectivity index (χ0v) is 19.2. The van der Waals surface area contributed by atoms with Crippen LogP contribution in [-0.4, -0.2) is 27.5 Å². The van der Waals surface area contributed by atoms with Crippen LogP contribution in [0.1, 0.15) is 11.1 Å². The van der Waals surface area contributed by atoms with E-state index < -0.39 is 10.1 Å². The van der Waals surface area contributed by atoms with Gasteiger partial charge in [-0.05, 0) is 49.7 Å². The number of anilines is 1. The molecule has 0 aliphatic carbocycles. The maximum atomic E-state index is 13.4. The summed E-state index contributed by atoms with van der Waals surface area (Å²) in [5.41, 5.74) is 4.77. The Kier molecular flexibility index (Phi) is 4.64. The van der Waals surface area contributed by atoms with Crippen LogP contribution in [0.4, 0.5) is 5.69 Å². The van der Waals surface area contributed by atoms with E-state index >= 15 is 0 Å². The first-order chi connectivity index (χ1) is 15.3. The molecule has 0 saturated carbocycles. The topological polar surface area (TPSA) is 62.4 Å². The molecule has 5 nitrogen and oxygen atoms in total. The molecule has 6 heteroatoms. The standard InChI is InChI=1S/C26H24N2O3S/c1-16-11-12-18-21-13-14-24(17(2)26(21)27-22(18)15-16)31-32(29,30)25-10-6-7-19-20(25)8-5-9-23(19)28(3)4/h5-15,27H,1-4H3. The second-order valence-electron chi connectivity index (χ2n) is 8.35. The Bertz CT molecular complexity index is 1620. The van der Waals surface area contributed by atoms with Gasteiger partial charge < -0.3 is 14.1 Å². The van der Waals surface area contributed by atoms with E-state index in [1.807, 2.05) is 63.2 Å². The number of benzene rings is 4. The molecule has 4 aromatic carbocycles. The van der Waals surface area contributed by atoms with Gasteiger partial charge in [-0.3, -0.25) is 0 Å². The molecule has 1 N–H and O–H groups in total. The van der Waals surface area contributed by atoms with Gasteiger partial charge in [0.15, 0.2) is 0 Å².